The van der Waals surface area contributed by atoms with Crippen molar-refractivity contribution in [1.82, 2.24) is 4.57 Å². The van der Waals surface area contributed by atoms with Crippen LogP contribution in [0.1, 0.15) is 68.9 Å². The first kappa shape index (κ1) is 25.2. The molecule has 1 fully saturated rings. The van der Waals surface area contributed by atoms with Crippen LogP contribution in [0.25, 0.3) is 6.08 Å². The number of aliphatic hydroxyl groups is 1. The highest BCUT2D eigenvalue weighted by molar-refractivity contribution is 8.18. The van der Waals surface area contributed by atoms with E-state index in [1.165, 1.54) is 55.3 Å². The molecule has 1 aromatic carbocycles. The molecule has 1 aliphatic carbocycles. The standard InChI is InChI=1S/C28H34N2O4S/c1-5-33-23-14-12-21(13-15-23)29-27-25(28(32)34-6-2)26(31)24(35-27)17-20-16-18(3)30(19(20)4)22-10-8-7-9-11-22/h12-17,22,31H,5-11H2,1-4H3/b24-17-,29-27?. The van der Waals surface area contributed by atoms with E-state index in [1.807, 2.05) is 37.3 Å². The lowest BCUT2D eigenvalue weighted by atomic mass is 9.95. The largest absolute Gasteiger partial charge is 0.506 e. The van der Waals surface area contributed by atoms with Crippen LogP contribution in [0.4, 0.5) is 5.69 Å². The number of carbonyl (C=O) groups excluding carboxylic acids is 1. The van der Waals surface area contributed by atoms with Gasteiger partial charge >= 0.3 is 5.97 Å². The molecular formula is C28H34N2O4S. The molecule has 1 N–H and O–H groups in total. The van der Waals surface area contributed by atoms with Crippen LogP contribution in [0.3, 0.4) is 0 Å². The van der Waals surface area contributed by atoms with Crippen molar-refractivity contribution in [2.75, 3.05) is 13.2 Å². The minimum absolute atomic E-state index is 0.0828. The second kappa shape index (κ2) is 11.2. The molecule has 1 aromatic heterocycles. The molecule has 35 heavy (non-hydrogen) atoms. The smallest absolute Gasteiger partial charge is 0.344 e. The van der Waals surface area contributed by atoms with E-state index in [2.05, 4.69) is 29.5 Å². The molecule has 0 spiro atoms. The predicted octanol–water partition coefficient (Wildman–Crippen LogP) is 7.20. The molecule has 4 rings (SSSR count). The number of hydrogen-bond donors (Lipinski definition) is 1. The van der Waals surface area contributed by atoms with Gasteiger partial charge in [0.25, 0.3) is 0 Å². The van der Waals surface area contributed by atoms with Gasteiger partial charge in [0, 0.05) is 17.4 Å². The topological polar surface area (TPSA) is 73.0 Å². The summed E-state index contributed by atoms with van der Waals surface area (Å²) in [6.07, 6.45) is 8.23. The number of rotatable bonds is 7. The lowest BCUT2D eigenvalue weighted by Crippen LogP contribution is -2.15. The molecule has 0 bridgehead atoms. The first-order valence-electron chi connectivity index (χ1n) is 12.4. The molecule has 2 aliphatic rings. The Morgan fingerprint density at radius 2 is 1.86 bits per heavy atom. The van der Waals surface area contributed by atoms with Crippen molar-refractivity contribution >= 4 is 34.5 Å². The summed E-state index contributed by atoms with van der Waals surface area (Å²) in [5, 5.41) is 11.5. The fourth-order valence-electron chi connectivity index (χ4n) is 4.88. The Hall–Kier alpha value is -2.93. The van der Waals surface area contributed by atoms with E-state index in [-0.39, 0.29) is 17.9 Å². The zero-order chi connectivity index (χ0) is 24.9. The molecule has 186 valence electrons. The van der Waals surface area contributed by atoms with E-state index in [1.54, 1.807) is 6.92 Å². The number of ether oxygens (including phenoxy) is 2. The summed E-state index contributed by atoms with van der Waals surface area (Å²) in [6, 6.07) is 10.0. The monoisotopic (exact) mass is 494 g/mol. The summed E-state index contributed by atoms with van der Waals surface area (Å²) in [5.74, 6) is 0.104. The molecule has 6 nitrogen and oxygen atoms in total. The highest BCUT2D eigenvalue weighted by Gasteiger charge is 2.33. The quantitative estimate of drug-likeness (QED) is 0.412. The average molecular weight is 495 g/mol. The Labute approximate surface area is 211 Å². The van der Waals surface area contributed by atoms with Gasteiger partial charge in [0.2, 0.25) is 0 Å². The van der Waals surface area contributed by atoms with Crippen LogP contribution in [0, 0.1) is 13.8 Å². The maximum Gasteiger partial charge on any atom is 0.344 e. The van der Waals surface area contributed by atoms with E-state index in [0.29, 0.717) is 28.3 Å². The number of aromatic nitrogens is 1. The van der Waals surface area contributed by atoms with Crippen molar-refractivity contribution in [3.05, 3.63) is 63.5 Å². The molecule has 2 aromatic rings. The third kappa shape index (κ3) is 5.50. The van der Waals surface area contributed by atoms with Crippen molar-refractivity contribution in [2.45, 2.75) is 65.8 Å². The second-order valence-electron chi connectivity index (χ2n) is 8.89. The fourth-order valence-corrected chi connectivity index (χ4v) is 5.91. The van der Waals surface area contributed by atoms with Gasteiger partial charge in [0.15, 0.2) is 0 Å². The maximum atomic E-state index is 12.7. The highest BCUT2D eigenvalue weighted by Crippen LogP contribution is 2.41. The van der Waals surface area contributed by atoms with Crippen LogP contribution < -0.4 is 4.74 Å². The lowest BCUT2D eigenvalue weighted by molar-refractivity contribution is -0.138. The first-order valence-corrected chi connectivity index (χ1v) is 13.2. The number of benzene rings is 1. The normalized spacial score (nSPS) is 19.1. The molecule has 0 atom stereocenters. The molecular weight excluding hydrogens is 460 g/mol. The summed E-state index contributed by atoms with van der Waals surface area (Å²) in [6.45, 7) is 8.77. The van der Waals surface area contributed by atoms with Gasteiger partial charge in [-0.05, 0) is 82.5 Å². The van der Waals surface area contributed by atoms with E-state index in [4.69, 9.17) is 9.47 Å². The van der Waals surface area contributed by atoms with Gasteiger partial charge in [-0.3, -0.25) is 0 Å². The van der Waals surface area contributed by atoms with Crippen molar-refractivity contribution in [2.24, 2.45) is 4.99 Å². The van der Waals surface area contributed by atoms with E-state index < -0.39 is 5.97 Å². The Balaban J connectivity index is 1.69. The van der Waals surface area contributed by atoms with Gasteiger partial charge in [-0.1, -0.05) is 31.0 Å². The number of aliphatic imine (C=N–C) groups is 1. The third-order valence-electron chi connectivity index (χ3n) is 6.50. The molecule has 0 unspecified atom stereocenters. The number of hydrogen-bond acceptors (Lipinski definition) is 6. The third-order valence-corrected chi connectivity index (χ3v) is 7.52. The molecule has 1 saturated carbocycles. The lowest BCUT2D eigenvalue weighted by Gasteiger charge is -2.26. The summed E-state index contributed by atoms with van der Waals surface area (Å²) in [7, 11) is 0. The molecule has 2 heterocycles. The predicted molar refractivity (Wildman–Crippen MR) is 143 cm³/mol. The fraction of sp³-hybridized carbons (Fsp3) is 0.429. The molecule has 0 saturated heterocycles. The van der Waals surface area contributed by atoms with Crippen molar-refractivity contribution in [1.29, 1.82) is 0 Å². The van der Waals surface area contributed by atoms with Gasteiger partial charge in [0.05, 0.1) is 23.8 Å². The Kier molecular flexibility index (Phi) is 8.06. The van der Waals surface area contributed by atoms with Gasteiger partial charge < -0.3 is 19.1 Å². The van der Waals surface area contributed by atoms with E-state index in [9.17, 15) is 9.90 Å². The SMILES string of the molecule is CCOC(=O)C1=C(O)/C(=C/c2cc(C)n(C3CCCCC3)c2C)SC1=Nc1ccc(OCC)cc1. The Bertz CT molecular complexity index is 1170. The molecule has 0 amide bonds. The van der Waals surface area contributed by atoms with Crippen LogP contribution in [0.15, 0.2) is 51.6 Å². The molecule has 0 radical (unpaired) electrons. The second-order valence-corrected chi connectivity index (χ2v) is 9.92. The minimum atomic E-state index is -0.571. The summed E-state index contributed by atoms with van der Waals surface area (Å²) in [5.41, 5.74) is 4.24. The Morgan fingerprint density at radius 1 is 1.14 bits per heavy atom. The van der Waals surface area contributed by atoms with Crippen LogP contribution >= 0.6 is 11.8 Å². The number of esters is 1. The number of aryl methyl sites for hydroxylation is 1. The number of aliphatic hydroxyl groups excluding tert-OH is 1. The maximum absolute atomic E-state index is 12.7. The first-order chi connectivity index (χ1) is 16.9. The van der Waals surface area contributed by atoms with Gasteiger partial charge in [-0.2, -0.15) is 0 Å². The number of thioether (sulfide) groups is 1. The van der Waals surface area contributed by atoms with Crippen molar-refractivity contribution in [3.8, 4) is 5.75 Å². The van der Waals surface area contributed by atoms with E-state index in [0.717, 1.165) is 11.3 Å². The van der Waals surface area contributed by atoms with E-state index >= 15 is 0 Å². The summed E-state index contributed by atoms with van der Waals surface area (Å²) >= 11 is 1.29. The van der Waals surface area contributed by atoms with Crippen molar-refractivity contribution in [3.63, 3.8) is 0 Å². The number of carbonyl (C=O) groups is 1. The van der Waals surface area contributed by atoms with Crippen molar-refractivity contribution < 1.29 is 19.4 Å². The van der Waals surface area contributed by atoms with Crippen LogP contribution in [0.2, 0.25) is 0 Å². The van der Waals surface area contributed by atoms with Crippen LogP contribution in [-0.2, 0) is 9.53 Å². The summed E-state index contributed by atoms with van der Waals surface area (Å²) in [4.78, 5) is 18.0. The van der Waals surface area contributed by atoms with Crippen LogP contribution in [-0.4, -0.2) is 33.9 Å². The molecule has 1 aliphatic heterocycles. The Morgan fingerprint density at radius 3 is 2.51 bits per heavy atom. The highest BCUT2D eigenvalue weighted by atomic mass is 32.2. The minimum Gasteiger partial charge on any atom is -0.506 e. The average Bonchev–Trinajstić information content (AvgIpc) is 3.30. The zero-order valence-electron chi connectivity index (χ0n) is 21.0. The van der Waals surface area contributed by atoms with Gasteiger partial charge in [0.1, 0.15) is 22.1 Å². The number of nitrogens with zero attached hydrogens (tertiary/aromatic N) is 2. The molecule has 7 heteroatoms. The van der Waals surface area contributed by atoms with Gasteiger partial charge in [-0.15, -0.1) is 0 Å². The van der Waals surface area contributed by atoms with Gasteiger partial charge in [-0.25, -0.2) is 9.79 Å². The van der Waals surface area contributed by atoms with Crippen LogP contribution in [0.5, 0.6) is 5.75 Å². The zero-order valence-corrected chi connectivity index (χ0v) is 21.8. The summed E-state index contributed by atoms with van der Waals surface area (Å²) < 4.78 is 13.2.